The number of hydrogen-bond acceptors (Lipinski definition) is 4. The van der Waals surface area contributed by atoms with E-state index in [0.29, 0.717) is 13.0 Å². The number of nitro groups is 1. The van der Waals surface area contributed by atoms with Crippen molar-refractivity contribution in [1.29, 1.82) is 0 Å². The lowest BCUT2D eigenvalue weighted by molar-refractivity contribution is -0.384. The van der Waals surface area contributed by atoms with Crippen molar-refractivity contribution in [3.63, 3.8) is 0 Å². The lowest BCUT2D eigenvalue weighted by Gasteiger charge is -2.26. The first kappa shape index (κ1) is 16.6. The van der Waals surface area contributed by atoms with Crippen LogP contribution in [0, 0.1) is 10.1 Å². The Hall–Kier alpha value is -1.46. The fourth-order valence-corrected chi connectivity index (χ4v) is 2.00. The Balaban J connectivity index is 2.85. The van der Waals surface area contributed by atoms with Gasteiger partial charge in [-0.05, 0) is 25.3 Å². The Kier molecular flexibility index (Phi) is 6.10. The monoisotopic (exact) mass is 280 g/mol. The van der Waals surface area contributed by atoms with Gasteiger partial charge in [0.05, 0.1) is 10.5 Å². The summed E-state index contributed by atoms with van der Waals surface area (Å²) in [6, 6.07) is 6.72. The van der Waals surface area contributed by atoms with E-state index in [1.807, 2.05) is 13.0 Å². The molecule has 0 fully saturated rings. The minimum Gasteiger partial charge on any atom is -0.389 e. The molecule has 0 aliphatic rings. The van der Waals surface area contributed by atoms with Gasteiger partial charge in [-0.1, -0.05) is 32.4 Å². The Morgan fingerprint density at radius 1 is 1.45 bits per heavy atom. The number of aliphatic hydroxyl groups is 1. The first-order chi connectivity index (χ1) is 9.39. The van der Waals surface area contributed by atoms with Gasteiger partial charge in [0.1, 0.15) is 0 Å². The van der Waals surface area contributed by atoms with Crippen LogP contribution in [0.15, 0.2) is 24.3 Å². The summed E-state index contributed by atoms with van der Waals surface area (Å²) in [7, 11) is 0. The van der Waals surface area contributed by atoms with Crippen LogP contribution in [-0.4, -0.2) is 22.2 Å². The maximum atomic E-state index is 10.8. The highest BCUT2D eigenvalue weighted by atomic mass is 16.6. The Morgan fingerprint density at radius 2 is 2.15 bits per heavy atom. The van der Waals surface area contributed by atoms with E-state index in [2.05, 4.69) is 12.2 Å². The SMILES string of the molecule is CCCC(NCC(C)(O)CC)c1cccc([N+](=O)[O-])c1. The van der Waals surface area contributed by atoms with Gasteiger partial charge >= 0.3 is 0 Å². The third-order valence-electron chi connectivity index (χ3n) is 3.55. The van der Waals surface area contributed by atoms with E-state index in [9.17, 15) is 15.2 Å². The molecule has 2 unspecified atom stereocenters. The summed E-state index contributed by atoms with van der Waals surface area (Å²) < 4.78 is 0. The number of nitrogens with one attached hydrogen (secondary N) is 1. The first-order valence-electron chi connectivity index (χ1n) is 7.09. The standard InChI is InChI=1S/C15H24N2O3/c1-4-7-14(16-11-15(3,18)5-2)12-8-6-9-13(10-12)17(19)20/h6,8-10,14,16,18H,4-5,7,11H2,1-3H3. The van der Waals surface area contributed by atoms with Gasteiger partial charge < -0.3 is 10.4 Å². The first-order valence-corrected chi connectivity index (χ1v) is 7.09. The van der Waals surface area contributed by atoms with Crippen LogP contribution in [0.1, 0.15) is 51.6 Å². The van der Waals surface area contributed by atoms with Crippen LogP contribution < -0.4 is 5.32 Å². The molecule has 0 saturated heterocycles. The van der Waals surface area contributed by atoms with Crippen molar-refractivity contribution < 1.29 is 10.0 Å². The van der Waals surface area contributed by atoms with E-state index in [0.717, 1.165) is 18.4 Å². The molecule has 0 aliphatic carbocycles. The average molecular weight is 280 g/mol. The van der Waals surface area contributed by atoms with Gasteiger partial charge in [0, 0.05) is 24.7 Å². The molecule has 1 aromatic rings. The quantitative estimate of drug-likeness (QED) is 0.566. The number of non-ortho nitro benzene ring substituents is 1. The molecule has 2 atom stereocenters. The van der Waals surface area contributed by atoms with Crippen molar-refractivity contribution in [3.05, 3.63) is 39.9 Å². The Labute approximate surface area is 120 Å². The van der Waals surface area contributed by atoms with Crippen LogP contribution in [-0.2, 0) is 0 Å². The molecule has 1 aromatic carbocycles. The fraction of sp³-hybridized carbons (Fsp3) is 0.600. The third-order valence-corrected chi connectivity index (χ3v) is 3.55. The molecule has 0 radical (unpaired) electrons. The average Bonchev–Trinajstić information content (AvgIpc) is 2.43. The molecule has 0 aliphatic heterocycles. The van der Waals surface area contributed by atoms with Gasteiger partial charge in [0.15, 0.2) is 0 Å². The van der Waals surface area contributed by atoms with Crippen LogP contribution in [0.2, 0.25) is 0 Å². The second kappa shape index (κ2) is 7.36. The molecular formula is C15H24N2O3. The molecule has 1 rings (SSSR count). The lowest BCUT2D eigenvalue weighted by atomic mass is 9.99. The molecule has 0 heterocycles. The van der Waals surface area contributed by atoms with Crippen LogP contribution >= 0.6 is 0 Å². The molecule has 20 heavy (non-hydrogen) atoms. The van der Waals surface area contributed by atoms with Crippen molar-refractivity contribution in [3.8, 4) is 0 Å². The molecule has 2 N–H and O–H groups in total. The van der Waals surface area contributed by atoms with Crippen molar-refractivity contribution in [2.75, 3.05) is 6.54 Å². The largest absolute Gasteiger partial charge is 0.389 e. The van der Waals surface area contributed by atoms with Crippen molar-refractivity contribution in [2.24, 2.45) is 0 Å². The van der Waals surface area contributed by atoms with Gasteiger partial charge in [-0.15, -0.1) is 0 Å². The molecular weight excluding hydrogens is 256 g/mol. The van der Waals surface area contributed by atoms with E-state index in [-0.39, 0.29) is 16.7 Å². The number of nitrogens with zero attached hydrogens (tertiary/aromatic N) is 1. The second-order valence-corrected chi connectivity index (χ2v) is 5.42. The summed E-state index contributed by atoms with van der Waals surface area (Å²) in [5, 5.41) is 24.2. The fourth-order valence-electron chi connectivity index (χ4n) is 2.00. The highest BCUT2D eigenvalue weighted by Crippen LogP contribution is 2.23. The number of rotatable bonds is 8. The minimum atomic E-state index is -0.757. The zero-order valence-electron chi connectivity index (χ0n) is 12.4. The Morgan fingerprint density at radius 3 is 2.70 bits per heavy atom. The van der Waals surface area contributed by atoms with Gasteiger partial charge in [-0.3, -0.25) is 10.1 Å². The predicted molar refractivity (Wildman–Crippen MR) is 79.7 cm³/mol. The van der Waals surface area contributed by atoms with E-state index in [1.54, 1.807) is 19.1 Å². The van der Waals surface area contributed by atoms with Crippen LogP contribution in [0.3, 0.4) is 0 Å². The van der Waals surface area contributed by atoms with Gasteiger partial charge in [0.2, 0.25) is 0 Å². The van der Waals surface area contributed by atoms with Crippen LogP contribution in [0.4, 0.5) is 5.69 Å². The summed E-state index contributed by atoms with van der Waals surface area (Å²) >= 11 is 0. The molecule has 0 bridgehead atoms. The highest BCUT2D eigenvalue weighted by molar-refractivity contribution is 5.35. The van der Waals surface area contributed by atoms with E-state index < -0.39 is 5.60 Å². The van der Waals surface area contributed by atoms with Crippen LogP contribution in [0.5, 0.6) is 0 Å². The van der Waals surface area contributed by atoms with Gasteiger partial charge in [-0.25, -0.2) is 0 Å². The molecule has 0 spiro atoms. The number of nitro benzene ring substituents is 1. The van der Waals surface area contributed by atoms with E-state index in [4.69, 9.17) is 0 Å². The molecule has 0 aromatic heterocycles. The van der Waals surface area contributed by atoms with E-state index in [1.165, 1.54) is 6.07 Å². The number of hydrogen-bond donors (Lipinski definition) is 2. The summed E-state index contributed by atoms with van der Waals surface area (Å²) in [4.78, 5) is 10.5. The van der Waals surface area contributed by atoms with Gasteiger partial charge in [0.25, 0.3) is 5.69 Å². The van der Waals surface area contributed by atoms with Crippen molar-refractivity contribution in [2.45, 2.75) is 51.7 Å². The molecule has 112 valence electrons. The lowest BCUT2D eigenvalue weighted by Crippen LogP contribution is -2.38. The second-order valence-electron chi connectivity index (χ2n) is 5.42. The third kappa shape index (κ3) is 4.90. The van der Waals surface area contributed by atoms with Crippen molar-refractivity contribution >= 4 is 5.69 Å². The number of benzene rings is 1. The summed E-state index contributed by atoms with van der Waals surface area (Å²) in [6.07, 6.45) is 2.50. The Bertz CT molecular complexity index is 446. The maximum absolute atomic E-state index is 10.8. The summed E-state index contributed by atoms with van der Waals surface area (Å²) in [6.45, 7) is 6.27. The maximum Gasteiger partial charge on any atom is 0.269 e. The molecule has 5 nitrogen and oxygen atoms in total. The summed E-state index contributed by atoms with van der Waals surface area (Å²) in [5.41, 5.74) is 0.243. The van der Waals surface area contributed by atoms with Crippen molar-refractivity contribution in [1.82, 2.24) is 5.32 Å². The zero-order chi connectivity index (χ0) is 15.2. The molecule has 5 heteroatoms. The van der Waals surface area contributed by atoms with Crippen LogP contribution in [0.25, 0.3) is 0 Å². The van der Waals surface area contributed by atoms with Gasteiger partial charge in [-0.2, -0.15) is 0 Å². The smallest absolute Gasteiger partial charge is 0.269 e. The molecule has 0 amide bonds. The minimum absolute atomic E-state index is 0.0259. The molecule has 0 saturated carbocycles. The summed E-state index contributed by atoms with van der Waals surface area (Å²) in [5.74, 6) is 0. The topological polar surface area (TPSA) is 75.4 Å². The predicted octanol–water partition coefficient (Wildman–Crippen LogP) is 3.19. The van der Waals surface area contributed by atoms with E-state index >= 15 is 0 Å². The normalized spacial score (nSPS) is 15.6. The highest BCUT2D eigenvalue weighted by Gasteiger charge is 2.20. The zero-order valence-corrected chi connectivity index (χ0v) is 12.4.